The summed E-state index contributed by atoms with van der Waals surface area (Å²) in [7, 11) is 0. The first kappa shape index (κ1) is 23.6. The van der Waals surface area contributed by atoms with Crippen molar-refractivity contribution in [2.45, 2.75) is 63.5 Å². The van der Waals surface area contributed by atoms with Crippen molar-refractivity contribution in [2.75, 3.05) is 13.1 Å². The molecular formula is C29H33ClN2OS. The Hall–Kier alpha value is -2.14. The molecule has 3 aromatic rings. The molecule has 2 fully saturated rings. The van der Waals surface area contributed by atoms with Crippen LogP contribution in [-0.2, 0) is 0 Å². The zero-order chi connectivity index (χ0) is 23.5. The summed E-state index contributed by atoms with van der Waals surface area (Å²) < 4.78 is 0. The Bertz CT molecular complexity index is 1110. The summed E-state index contributed by atoms with van der Waals surface area (Å²) in [6.45, 7) is 4.64. The van der Waals surface area contributed by atoms with Gasteiger partial charge in [-0.1, -0.05) is 48.0 Å². The van der Waals surface area contributed by atoms with E-state index >= 15 is 0 Å². The summed E-state index contributed by atoms with van der Waals surface area (Å²) in [6, 6.07) is 19.6. The Morgan fingerprint density at radius 3 is 2.35 bits per heavy atom. The van der Waals surface area contributed by atoms with E-state index in [1.165, 1.54) is 55.7 Å². The van der Waals surface area contributed by atoms with Gasteiger partial charge >= 0.3 is 0 Å². The number of benzene rings is 2. The SMILES string of the molecule is Cc1ccccc1C1CCN(C2CCC(NC(=O)c3cc(-c4ccc(Cl)cc4)cs3)CC2)CC1. The van der Waals surface area contributed by atoms with E-state index in [9.17, 15) is 4.79 Å². The lowest BCUT2D eigenvalue weighted by atomic mass is 9.84. The molecule has 0 unspecified atom stereocenters. The maximum Gasteiger partial charge on any atom is 0.261 e. The lowest BCUT2D eigenvalue weighted by molar-refractivity contribution is 0.0882. The number of carbonyl (C=O) groups is 1. The Labute approximate surface area is 212 Å². The Morgan fingerprint density at radius 2 is 1.65 bits per heavy atom. The highest BCUT2D eigenvalue weighted by molar-refractivity contribution is 7.12. The predicted molar refractivity (Wildman–Crippen MR) is 143 cm³/mol. The molecule has 0 bridgehead atoms. The van der Waals surface area contributed by atoms with E-state index < -0.39 is 0 Å². The molecule has 1 saturated heterocycles. The van der Waals surface area contributed by atoms with Gasteiger partial charge in [-0.25, -0.2) is 0 Å². The van der Waals surface area contributed by atoms with E-state index in [1.807, 2.05) is 30.3 Å². The molecule has 34 heavy (non-hydrogen) atoms. The molecule has 2 aromatic carbocycles. The molecule has 1 aromatic heterocycles. The Kier molecular flexibility index (Phi) is 7.38. The van der Waals surface area contributed by atoms with Gasteiger partial charge in [0.05, 0.1) is 4.88 Å². The first-order valence-corrected chi connectivity index (χ1v) is 13.8. The highest BCUT2D eigenvalue weighted by Gasteiger charge is 2.30. The first-order valence-electron chi connectivity index (χ1n) is 12.5. The van der Waals surface area contributed by atoms with Gasteiger partial charge in [0.25, 0.3) is 5.91 Å². The van der Waals surface area contributed by atoms with Crippen molar-refractivity contribution in [3.8, 4) is 11.1 Å². The number of rotatable bonds is 5. The molecular weight excluding hydrogens is 460 g/mol. The van der Waals surface area contributed by atoms with E-state index in [4.69, 9.17) is 11.6 Å². The largest absolute Gasteiger partial charge is 0.349 e. The van der Waals surface area contributed by atoms with E-state index in [0.717, 1.165) is 33.9 Å². The van der Waals surface area contributed by atoms with E-state index in [1.54, 1.807) is 5.56 Å². The lowest BCUT2D eigenvalue weighted by Gasteiger charge is -2.41. The van der Waals surface area contributed by atoms with Crippen LogP contribution in [0.2, 0.25) is 5.02 Å². The average Bonchev–Trinajstić information content (AvgIpc) is 3.36. The van der Waals surface area contributed by atoms with Crippen LogP contribution in [0.1, 0.15) is 65.2 Å². The third kappa shape index (κ3) is 5.40. The number of piperidine rings is 1. The van der Waals surface area contributed by atoms with Gasteiger partial charge in [-0.05, 0) is 110 Å². The number of thiophene rings is 1. The molecule has 178 valence electrons. The molecule has 1 aliphatic heterocycles. The Balaban J connectivity index is 1.09. The molecule has 0 radical (unpaired) electrons. The number of nitrogens with zero attached hydrogens (tertiary/aromatic N) is 1. The fourth-order valence-corrected chi connectivity index (χ4v) is 6.66. The van der Waals surface area contributed by atoms with Crippen molar-refractivity contribution in [2.24, 2.45) is 0 Å². The zero-order valence-electron chi connectivity index (χ0n) is 19.8. The quantitative estimate of drug-likeness (QED) is 0.405. The maximum absolute atomic E-state index is 12.9. The number of carbonyl (C=O) groups excluding carboxylic acids is 1. The van der Waals surface area contributed by atoms with Crippen molar-refractivity contribution in [3.63, 3.8) is 0 Å². The van der Waals surface area contributed by atoms with Crippen molar-refractivity contribution >= 4 is 28.8 Å². The lowest BCUT2D eigenvalue weighted by Crippen LogP contribution is -2.46. The van der Waals surface area contributed by atoms with E-state index in [2.05, 4.69) is 46.8 Å². The molecule has 5 rings (SSSR count). The van der Waals surface area contributed by atoms with Crippen LogP contribution in [0.25, 0.3) is 11.1 Å². The van der Waals surface area contributed by atoms with Crippen LogP contribution in [0.15, 0.2) is 60.0 Å². The van der Waals surface area contributed by atoms with Crippen molar-refractivity contribution in [1.82, 2.24) is 10.2 Å². The minimum Gasteiger partial charge on any atom is -0.349 e. The van der Waals surface area contributed by atoms with Crippen LogP contribution in [-0.4, -0.2) is 36.0 Å². The van der Waals surface area contributed by atoms with Crippen LogP contribution in [0, 0.1) is 6.92 Å². The van der Waals surface area contributed by atoms with E-state index in [-0.39, 0.29) is 11.9 Å². The number of halogens is 1. The maximum atomic E-state index is 12.9. The highest BCUT2D eigenvalue weighted by Crippen LogP contribution is 2.33. The molecule has 2 aliphatic rings. The second-order valence-electron chi connectivity index (χ2n) is 9.85. The van der Waals surface area contributed by atoms with E-state index in [0.29, 0.717) is 12.0 Å². The van der Waals surface area contributed by atoms with Gasteiger partial charge in [0, 0.05) is 17.1 Å². The fraction of sp³-hybridized carbons (Fsp3) is 0.414. The summed E-state index contributed by atoms with van der Waals surface area (Å²) in [5, 5.41) is 6.08. The van der Waals surface area contributed by atoms with Gasteiger partial charge in [0.15, 0.2) is 0 Å². The predicted octanol–water partition coefficient (Wildman–Crippen LogP) is 7.30. The van der Waals surface area contributed by atoms with Gasteiger partial charge in [0.1, 0.15) is 0 Å². The van der Waals surface area contributed by atoms with Crippen molar-refractivity contribution < 1.29 is 4.79 Å². The Morgan fingerprint density at radius 1 is 0.941 bits per heavy atom. The molecule has 3 nitrogen and oxygen atoms in total. The standard InChI is InChI=1S/C29H33ClN2OS/c1-20-4-2-3-5-27(20)22-14-16-32(17-15-22)26-12-10-25(11-13-26)31-29(33)28-18-23(19-34-28)21-6-8-24(30)9-7-21/h2-9,18-19,22,25-26H,10-17H2,1H3,(H,31,33). The number of likely N-dealkylation sites (tertiary alicyclic amines) is 1. The van der Waals surface area contributed by atoms with Crippen molar-refractivity contribution in [1.29, 1.82) is 0 Å². The van der Waals surface area contributed by atoms with Gasteiger partial charge in [-0.3, -0.25) is 4.79 Å². The van der Waals surface area contributed by atoms with Crippen LogP contribution >= 0.6 is 22.9 Å². The summed E-state index contributed by atoms with van der Waals surface area (Å²) >= 11 is 7.51. The van der Waals surface area contributed by atoms with Crippen LogP contribution in [0.4, 0.5) is 0 Å². The van der Waals surface area contributed by atoms with Crippen LogP contribution in [0.3, 0.4) is 0 Å². The number of hydrogen-bond donors (Lipinski definition) is 1. The highest BCUT2D eigenvalue weighted by atomic mass is 35.5. The minimum absolute atomic E-state index is 0.0627. The van der Waals surface area contributed by atoms with Crippen LogP contribution < -0.4 is 5.32 Å². The first-order chi connectivity index (χ1) is 16.6. The molecule has 2 heterocycles. The normalized spacial score (nSPS) is 21.9. The van der Waals surface area contributed by atoms with Gasteiger partial charge in [0.2, 0.25) is 0 Å². The smallest absolute Gasteiger partial charge is 0.261 e. The summed E-state index contributed by atoms with van der Waals surface area (Å²) in [5.74, 6) is 0.768. The van der Waals surface area contributed by atoms with Crippen LogP contribution in [0.5, 0.6) is 0 Å². The average molecular weight is 493 g/mol. The number of aryl methyl sites for hydroxylation is 1. The summed E-state index contributed by atoms with van der Waals surface area (Å²) in [4.78, 5) is 16.4. The zero-order valence-corrected chi connectivity index (χ0v) is 21.4. The number of amides is 1. The minimum atomic E-state index is 0.0627. The molecule has 0 spiro atoms. The summed E-state index contributed by atoms with van der Waals surface area (Å²) in [5.41, 5.74) is 5.14. The molecule has 0 atom stereocenters. The second kappa shape index (κ2) is 10.6. The number of nitrogens with one attached hydrogen (secondary N) is 1. The summed E-state index contributed by atoms with van der Waals surface area (Å²) in [6.07, 6.45) is 7.03. The molecule has 1 N–H and O–H groups in total. The number of hydrogen-bond acceptors (Lipinski definition) is 3. The van der Waals surface area contributed by atoms with Gasteiger partial charge < -0.3 is 10.2 Å². The second-order valence-corrected chi connectivity index (χ2v) is 11.2. The van der Waals surface area contributed by atoms with Gasteiger partial charge in [-0.2, -0.15) is 0 Å². The van der Waals surface area contributed by atoms with Crippen molar-refractivity contribution in [3.05, 3.63) is 81.0 Å². The molecule has 1 saturated carbocycles. The third-order valence-corrected chi connectivity index (χ3v) is 8.89. The molecule has 1 aliphatic carbocycles. The van der Waals surface area contributed by atoms with Gasteiger partial charge in [-0.15, -0.1) is 11.3 Å². The topological polar surface area (TPSA) is 32.3 Å². The fourth-order valence-electron chi connectivity index (χ4n) is 5.71. The molecule has 5 heteroatoms. The third-order valence-electron chi connectivity index (χ3n) is 7.71. The molecule has 1 amide bonds. The monoisotopic (exact) mass is 492 g/mol.